The van der Waals surface area contributed by atoms with Crippen LogP contribution in [0.2, 0.25) is 0 Å². The molecule has 3 heteroatoms. The van der Waals surface area contributed by atoms with Gasteiger partial charge in [-0.1, -0.05) is 6.07 Å². The average molecular weight is 177 g/mol. The number of rotatable bonds is 2. The van der Waals surface area contributed by atoms with Crippen molar-refractivity contribution in [2.45, 2.75) is 6.92 Å². The number of hydrogen-bond donors (Lipinski definition) is 0. The van der Waals surface area contributed by atoms with Crippen LogP contribution in [-0.4, -0.2) is 19.7 Å². The molecule has 1 aromatic rings. The minimum atomic E-state index is -0.323. The van der Waals surface area contributed by atoms with Crippen LogP contribution in [0.3, 0.4) is 0 Å². The monoisotopic (exact) mass is 177 g/mol. The fourth-order valence-electron chi connectivity index (χ4n) is 1.04. The highest BCUT2D eigenvalue weighted by Gasteiger charge is 2.07. The molecule has 13 heavy (non-hydrogen) atoms. The van der Waals surface area contributed by atoms with Crippen LogP contribution in [0.15, 0.2) is 23.2 Å². The maximum Gasteiger partial charge on any atom is 0.276 e. The largest absolute Gasteiger partial charge is 0.497 e. The normalized spacial score (nSPS) is 9.38. The minimum absolute atomic E-state index is 0.323. The van der Waals surface area contributed by atoms with E-state index >= 15 is 0 Å². The fraction of sp³-hybridized carbons (Fsp3) is 0.200. The van der Waals surface area contributed by atoms with E-state index in [1.54, 1.807) is 19.2 Å². The molecule has 1 rings (SSSR count). The molecule has 0 aliphatic rings. The van der Waals surface area contributed by atoms with E-state index in [-0.39, 0.29) is 5.91 Å². The van der Waals surface area contributed by atoms with E-state index in [2.05, 4.69) is 11.7 Å². The lowest BCUT2D eigenvalue weighted by Crippen LogP contribution is -1.98. The molecule has 1 amide bonds. The highest BCUT2D eigenvalue weighted by Crippen LogP contribution is 2.17. The topological polar surface area (TPSA) is 38.7 Å². The Morgan fingerprint density at radius 2 is 2.23 bits per heavy atom. The number of hydrogen-bond acceptors (Lipinski definition) is 2. The molecule has 0 spiro atoms. The molecule has 0 saturated heterocycles. The first-order chi connectivity index (χ1) is 6.19. The number of carbonyl (C=O) groups excluding carboxylic acids is 1. The van der Waals surface area contributed by atoms with Crippen molar-refractivity contribution < 1.29 is 9.53 Å². The van der Waals surface area contributed by atoms with E-state index in [4.69, 9.17) is 4.74 Å². The van der Waals surface area contributed by atoms with Crippen molar-refractivity contribution in [3.63, 3.8) is 0 Å². The van der Waals surface area contributed by atoms with Crippen molar-refractivity contribution in [1.82, 2.24) is 0 Å². The summed E-state index contributed by atoms with van der Waals surface area (Å²) in [4.78, 5) is 14.6. The number of aryl methyl sites for hydroxylation is 1. The zero-order valence-electron chi connectivity index (χ0n) is 7.70. The van der Waals surface area contributed by atoms with Crippen LogP contribution in [-0.2, 0) is 0 Å². The van der Waals surface area contributed by atoms with Crippen molar-refractivity contribution >= 4 is 12.6 Å². The Balaban J connectivity index is 3.18. The molecule has 0 radical (unpaired) electrons. The molecule has 1 aromatic carbocycles. The van der Waals surface area contributed by atoms with Crippen molar-refractivity contribution in [3.8, 4) is 5.75 Å². The van der Waals surface area contributed by atoms with E-state index in [1.807, 2.05) is 13.0 Å². The summed E-state index contributed by atoms with van der Waals surface area (Å²) in [7, 11) is 1.56. The minimum Gasteiger partial charge on any atom is -0.497 e. The van der Waals surface area contributed by atoms with Crippen LogP contribution in [0, 0.1) is 6.92 Å². The molecule has 68 valence electrons. The number of carbonyl (C=O) groups is 1. The van der Waals surface area contributed by atoms with E-state index in [0.29, 0.717) is 11.3 Å². The van der Waals surface area contributed by atoms with Gasteiger partial charge in [0.25, 0.3) is 5.91 Å². The quantitative estimate of drug-likeness (QED) is 0.646. The smallest absolute Gasteiger partial charge is 0.276 e. The summed E-state index contributed by atoms with van der Waals surface area (Å²) in [5.74, 6) is 0.328. The number of benzene rings is 1. The predicted molar refractivity (Wildman–Crippen MR) is 51.6 cm³/mol. The molecule has 0 heterocycles. The van der Waals surface area contributed by atoms with Gasteiger partial charge in [-0.2, -0.15) is 0 Å². The third-order valence-corrected chi connectivity index (χ3v) is 1.82. The molecule has 3 nitrogen and oxygen atoms in total. The number of ether oxygens (including phenoxy) is 1. The molecular weight excluding hydrogens is 166 g/mol. The zero-order valence-corrected chi connectivity index (χ0v) is 7.70. The van der Waals surface area contributed by atoms with Crippen LogP contribution in [0.25, 0.3) is 0 Å². The van der Waals surface area contributed by atoms with E-state index in [9.17, 15) is 4.79 Å². The molecule has 0 N–H and O–H groups in total. The maximum absolute atomic E-state index is 11.2. The van der Waals surface area contributed by atoms with Gasteiger partial charge in [-0.3, -0.25) is 4.79 Å². The number of methoxy groups -OCH3 is 1. The first kappa shape index (κ1) is 9.45. The Labute approximate surface area is 77.1 Å². The van der Waals surface area contributed by atoms with E-state index < -0.39 is 0 Å². The van der Waals surface area contributed by atoms with Crippen molar-refractivity contribution in [3.05, 3.63) is 29.3 Å². The Bertz CT molecular complexity index is 345. The third kappa shape index (κ3) is 1.93. The molecule has 0 unspecified atom stereocenters. The average Bonchev–Trinajstić information content (AvgIpc) is 2.17. The van der Waals surface area contributed by atoms with Crippen molar-refractivity contribution in [1.29, 1.82) is 0 Å². The molecule has 0 aliphatic carbocycles. The Hall–Kier alpha value is -1.64. The molecule has 0 atom stereocenters. The highest BCUT2D eigenvalue weighted by atomic mass is 16.5. The lowest BCUT2D eigenvalue weighted by atomic mass is 10.1. The lowest BCUT2D eigenvalue weighted by Gasteiger charge is -2.04. The van der Waals surface area contributed by atoms with Crippen molar-refractivity contribution in [2.24, 2.45) is 4.99 Å². The Morgan fingerprint density at radius 1 is 1.54 bits per heavy atom. The highest BCUT2D eigenvalue weighted by molar-refractivity contribution is 5.98. The second-order valence-corrected chi connectivity index (χ2v) is 2.64. The van der Waals surface area contributed by atoms with Gasteiger partial charge in [0.2, 0.25) is 0 Å². The number of amides is 1. The van der Waals surface area contributed by atoms with Gasteiger partial charge in [-0.15, -0.1) is 0 Å². The molecule has 0 bridgehead atoms. The summed E-state index contributed by atoms with van der Waals surface area (Å²) in [5, 5.41) is 0. The van der Waals surface area contributed by atoms with E-state index in [0.717, 1.165) is 5.56 Å². The molecule has 0 aromatic heterocycles. The maximum atomic E-state index is 11.2. The zero-order chi connectivity index (χ0) is 9.84. The van der Waals surface area contributed by atoms with Gasteiger partial charge in [0, 0.05) is 5.56 Å². The van der Waals surface area contributed by atoms with E-state index in [1.165, 1.54) is 0 Å². The van der Waals surface area contributed by atoms with Crippen LogP contribution >= 0.6 is 0 Å². The van der Waals surface area contributed by atoms with Crippen molar-refractivity contribution in [2.75, 3.05) is 7.11 Å². The summed E-state index contributed by atoms with van der Waals surface area (Å²) in [6.07, 6.45) is 0. The van der Waals surface area contributed by atoms with Crippen LogP contribution in [0.4, 0.5) is 0 Å². The summed E-state index contributed by atoms with van der Waals surface area (Å²) in [5.41, 5.74) is 1.41. The summed E-state index contributed by atoms with van der Waals surface area (Å²) in [6.45, 7) is 5.04. The molecule has 0 saturated carbocycles. The SMILES string of the molecule is C=NC(=O)c1cc(OC)ccc1C. The Kier molecular flexibility index (Phi) is 2.80. The summed E-state index contributed by atoms with van der Waals surface area (Å²) >= 11 is 0. The number of aliphatic imine (C=N–C) groups is 1. The number of nitrogens with zero attached hydrogens (tertiary/aromatic N) is 1. The molecule has 0 fully saturated rings. The fourth-order valence-corrected chi connectivity index (χ4v) is 1.04. The lowest BCUT2D eigenvalue weighted by molar-refractivity contribution is 0.100. The van der Waals surface area contributed by atoms with Gasteiger partial charge in [-0.25, -0.2) is 4.99 Å². The van der Waals surface area contributed by atoms with Gasteiger partial charge in [0.05, 0.1) is 7.11 Å². The third-order valence-electron chi connectivity index (χ3n) is 1.82. The Morgan fingerprint density at radius 3 is 2.77 bits per heavy atom. The predicted octanol–water partition coefficient (Wildman–Crippen LogP) is 1.84. The van der Waals surface area contributed by atoms with Gasteiger partial charge in [0.15, 0.2) is 0 Å². The van der Waals surface area contributed by atoms with Gasteiger partial charge < -0.3 is 4.74 Å². The van der Waals surface area contributed by atoms with Gasteiger partial charge in [0.1, 0.15) is 5.75 Å². The van der Waals surface area contributed by atoms with Gasteiger partial charge in [-0.05, 0) is 31.3 Å². The molecule has 0 aliphatic heterocycles. The summed E-state index contributed by atoms with van der Waals surface area (Å²) in [6, 6.07) is 5.28. The summed E-state index contributed by atoms with van der Waals surface area (Å²) < 4.78 is 4.99. The van der Waals surface area contributed by atoms with Crippen LogP contribution in [0.1, 0.15) is 15.9 Å². The second-order valence-electron chi connectivity index (χ2n) is 2.64. The molecular formula is C10H11NO2. The first-order valence-electron chi connectivity index (χ1n) is 3.84. The standard InChI is InChI=1S/C10H11NO2/c1-7-4-5-8(13-3)6-9(7)10(12)11-2/h4-6H,2H2,1,3H3. The first-order valence-corrected chi connectivity index (χ1v) is 3.84. The van der Waals surface area contributed by atoms with Crippen LogP contribution < -0.4 is 4.74 Å². The van der Waals surface area contributed by atoms with Gasteiger partial charge >= 0.3 is 0 Å². The van der Waals surface area contributed by atoms with Crippen LogP contribution in [0.5, 0.6) is 5.75 Å². The second kappa shape index (κ2) is 3.85.